The third-order valence-corrected chi connectivity index (χ3v) is 4.41. The zero-order valence-electron chi connectivity index (χ0n) is 9.91. The molecule has 3 heterocycles. The first-order valence-corrected chi connectivity index (χ1v) is 6.14. The quantitative estimate of drug-likeness (QED) is 0.235. The molecule has 0 aromatic rings. The molecule has 4 nitrogen and oxygen atoms in total. The number of hydrogen-bond acceptors (Lipinski definition) is 0. The fourth-order valence-electron chi connectivity index (χ4n) is 2.97. The van der Waals surface area contributed by atoms with E-state index in [1.165, 1.54) is 61.2 Å². The van der Waals surface area contributed by atoms with E-state index in [-0.39, 0.29) is 0 Å². The highest BCUT2D eigenvalue weighted by Crippen LogP contribution is 2.24. The Hall–Kier alpha value is -0.610. The molecule has 15 heavy (non-hydrogen) atoms. The van der Waals surface area contributed by atoms with Crippen LogP contribution in [0.15, 0.2) is 0 Å². The Balaban J connectivity index is 1.82. The Morgan fingerprint density at radius 3 is 2.27 bits per heavy atom. The Bertz CT molecular complexity index is 224. The van der Waals surface area contributed by atoms with Gasteiger partial charge in [0.1, 0.15) is 39.3 Å². The van der Waals surface area contributed by atoms with Crippen LogP contribution < -0.4 is 10.7 Å². The van der Waals surface area contributed by atoms with Crippen molar-refractivity contribution in [3.8, 4) is 0 Å². The summed E-state index contributed by atoms with van der Waals surface area (Å²) >= 11 is 0. The van der Waals surface area contributed by atoms with Gasteiger partial charge in [-0.25, -0.2) is 0 Å². The lowest BCUT2D eigenvalue weighted by Crippen LogP contribution is -2.75. The van der Waals surface area contributed by atoms with Crippen LogP contribution in [-0.4, -0.2) is 74.7 Å². The molecule has 0 amide bonds. The van der Waals surface area contributed by atoms with Gasteiger partial charge in [0.2, 0.25) is 6.34 Å². The standard InChI is InChI=1S/C11H24N4/c1-14-5-8-15(9-6-14,10-7-14)4-2-3-13-11-12/h11H,2-10H2,1H3,(H2,12,13)/q+2/p+1. The van der Waals surface area contributed by atoms with Gasteiger partial charge in [0.15, 0.2) is 0 Å². The predicted octanol–water partition coefficient (Wildman–Crippen LogP) is -2.27. The monoisotopic (exact) mass is 213 g/mol. The van der Waals surface area contributed by atoms with Crippen LogP contribution in [0.25, 0.3) is 0 Å². The molecule has 4 heteroatoms. The van der Waals surface area contributed by atoms with Gasteiger partial charge in [-0.3, -0.25) is 10.7 Å². The maximum Gasteiger partial charge on any atom is 0.227 e. The molecule has 0 radical (unpaired) electrons. The van der Waals surface area contributed by atoms with Gasteiger partial charge in [0, 0.05) is 6.42 Å². The van der Waals surface area contributed by atoms with Gasteiger partial charge in [-0.1, -0.05) is 0 Å². The number of piperazine rings is 3. The van der Waals surface area contributed by atoms with E-state index in [4.69, 9.17) is 5.73 Å². The number of fused-ring (bicyclic) bond motifs is 3. The maximum absolute atomic E-state index is 5.29. The van der Waals surface area contributed by atoms with Crippen molar-refractivity contribution in [2.75, 3.05) is 59.4 Å². The highest BCUT2D eigenvalue weighted by atomic mass is 15.5. The number of likely N-dealkylation sites (N-methyl/N-ethyl adjacent to an activating group) is 1. The van der Waals surface area contributed by atoms with Crippen molar-refractivity contribution in [3.63, 3.8) is 0 Å². The lowest BCUT2D eigenvalue weighted by molar-refractivity contribution is -1.07. The van der Waals surface area contributed by atoms with Crippen molar-refractivity contribution in [2.45, 2.75) is 6.42 Å². The minimum Gasteiger partial charge on any atom is -0.312 e. The normalized spacial score (nSPS) is 40.1. The van der Waals surface area contributed by atoms with Crippen LogP contribution >= 0.6 is 0 Å². The van der Waals surface area contributed by atoms with Gasteiger partial charge in [0.05, 0.1) is 20.1 Å². The van der Waals surface area contributed by atoms with Crippen LogP contribution in [0.5, 0.6) is 0 Å². The molecule has 0 aromatic heterocycles. The molecule has 3 rings (SSSR count). The summed E-state index contributed by atoms with van der Waals surface area (Å²) in [4.78, 5) is 3.09. The summed E-state index contributed by atoms with van der Waals surface area (Å²) in [5, 5.41) is 0. The summed E-state index contributed by atoms with van der Waals surface area (Å²) in [7, 11) is 2.41. The van der Waals surface area contributed by atoms with Gasteiger partial charge in [-0.2, -0.15) is 0 Å². The number of rotatable bonds is 4. The van der Waals surface area contributed by atoms with E-state index < -0.39 is 0 Å². The van der Waals surface area contributed by atoms with Crippen molar-refractivity contribution in [2.24, 2.45) is 5.73 Å². The molecule has 0 aliphatic carbocycles. The molecule has 3 aliphatic rings. The molecule has 86 valence electrons. The van der Waals surface area contributed by atoms with E-state index in [0.29, 0.717) is 0 Å². The second-order valence-electron chi connectivity index (χ2n) is 5.50. The van der Waals surface area contributed by atoms with Crippen molar-refractivity contribution in [3.05, 3.63) is 0 Å². The Kier molecular flexibility index (Phi) is 2.98. The number of quaternary nitrogens is 2. The lowest BCUT2D eigenvalue weighted by Gasteiger charge is -2.54. The van der Waals surface area contributed by atoms with Crippen molar-refractivity contribution < 1.29 is 14.0 Å². The molecule has 0 unspecified atom stereocenters. The lowest BCUT2D eigenvalue weighted by atomic mass is 10.1. The van der Waals surface area contributed by atoms with Gasteiger partial charge in [0.25, 0.3) is 0 Å². The molecule has 0 aromatic carbocycles. The van der Waals surface area contributed by atoms with Crippen LogP contribution in [-0.2, 0) is 0 Å². The minimum absolute atomic E-state index is 1.03. The van der Waals surface area contributed by atoms with Gasteiger partial charge >= 0.3 is 0 Å². The average molecular weight is 213 g/mol. The Labute approximate surface area is 92.6 Å². The minimum atomic E-state index is 1.03. The van der Waals surface area contributed by atoms with Crippen molar-refractivity contribution in [1.82, 2.24) is 0 Å². The fraction of sp³-hybridized carbons (Fsp3) is 0.909. The average Bonchev–Trinajstić information content (AvgIpc) is 2.27. The Morgan fingerprint density at radius 1 is 1.13 bits per heavy atom. The van der Waals surface area contributed by atoms with Crippen molar-refractivity contribution in [1.29, 1.82) is 0 Å². The number of hydrogen-bond donors (Lipinski definition) is 2. The zero-order valence-corrected chi connectivity index (χ0v) is 9.91. The zero-order chi connectivity index (χ0) is 10.8. The van der Waals surface area contributed by atoms with E-state index in [2.05, 4.69) is 12.0 Å². The second-order valence-corrected chi connectivity index (χ2v) is 5.50. The van der Waals surface area contributed by atoms with Gasteiger partial charge in [-0.05, 0) is 0 Å². The first kappa shape index (κ1) is 10.9. The van der Waals surface area contributed by atoms with Crippen LogP contribution in [0, 0.1) is 0 Å². The topological polar surface area (TPSA) is 40.0 Å². The second kappa shape index (κ2) is 4.10. The number of nitrogens with two attached hydrogens (primary N) is 1. The molecular weight excluding hydrogens is 188 g/mol. The van der Waals surface area contributed by atoms with Gasteiger partial charge in [-0.15, -0.1) is 0 Å². The van der Waals surface area contributed by atoms with E-state index in [1.54, 1.807) is 6.34 Å². The number of nitrogens with one attached hydrogen (secondary N) is 1. The summed E-state index contributed by atoms with van der Waals surface area (Å²) in [5.74, 6) is 0. The summed E-state index contributed by atoms with van der Waals surface area (Å²) in [6, 6.07) is 0. The number of nitrogens with zero attached hydrogens (tertiary/aromatic N) is 2. The van der Waals surface area contributed by atoms with Crippen molar-refractivity contribution >= 4 is 6.34 Å². The molecule has 3 saturated heterocycles. The molecule has 0 spiro atoms. The highest BCUT2D eigenvalue weighted by molar-refractivity contribution is 5.42. The fourth-order valence-corrected chi connectivity index (χ4v) is 2.97. The third-order valence-electron chi connectivity index (χ3n) is 4.41. The molecule has 3 aliphatic heterocycles. The molecule has 0 atom stereocenters. The maximum atomic E-state index is 5.29. The molecule has 3 N–H and O–H groups in total. The first-order valence-electron chi connectivity index (χ1n) is 6.14. The van der Waals surface area contributed by atoms with E-state index in [1.807, 2.05) is 0 Å². The largest absolute Gasteiger partial charge is 0.312 e. The van der Waals surface area contributed by atoms with Crippen LogP contribution in [0.4, 0.5) is 0 Å². The first-order chi connectivity index (χ1) is 7.18. The molecule has 0 saturated carbocycles. The highest BCUT2D eigenvalue weighted by Gasteiger charge is 2.46. The summed E-state index contributed by atoms with van der Waals surface area (Å²) < 4.78 is 2.70. The van der Waals surface area contributed by atoms with E-state index in [0.717, 1.165) is 6.54 Å². The third kappa shape index (κ3) is 2.32. The van der Waals surface area contributed by atoms with E-state index in [9.17, 15) is 0 Å². The molecule has 3 fully saturated rings. The summed E-state index contributed by atoms with van der Waals surface area (Å²) in [6.45, 7) is 10.7. The molecular formula is C11H25N4+3. The summed E-state index contributed by atoms with van der Waals surface area (Å²) in [5.41, 5.74) is 5.29. The smallest absolute Gasteiger partial charge is 0.227 e. The van der Waals surface area contributed by atoms with Gasteiger partial charge < -0.3 is 8.97 Å². The van der Waals surface area contributed by atoms with Crippen LogP contribution in [0.2, 0.25) is 0 Å². The van der Waals surface area contributed by atoms with Crippen LogP contribution in [0.1, 0.15) is 6.42 Å². The van der Waals surface area contributed by atoms with Crippen LogP contribution in [0.3, 0.4) is 0 Å². The van der Waals surface area contributed by atoms with E-state index >= 15 is 0 Å². The Morgan fingerprint density at radius 2 is 1.73 bits per heavy atom. The SMILES string of the molecule is C[N+]12CC[N+](CCC[NH+]=CN)(CC1)CC2. The predicted molar refractivity (Wildman–Crippen MR) is 61.2 cm³/mol. The summed E-state index contributed by atoms with van der Waals surface area (Å²) in [6.07, 6.45) is 2.80. The molecule has 2 bridgehead atoms.